The zero-order chi connectivity index (χ0) is 11.1. The highest BCUT2D eigenvalue weighted by Crippen LogP contribution is 2.26. The quantitative estimate of drug-likeness (QED) is 0.764. The first kappa shape index (κ1) is 9.78. The molecule has 3 nitrogen and oxygen atoms in total. The van der Waals surface area contributed by atoms with Gasteiger partial charge in [0.05, 0.1) is 0 Å². The molecule has 0 radical (unpaired) electrons. The molecule has 3 rings (SSSR count). The summed E-state index contributed by atoms with van der Waals surface area (Å²) in [5, 5.41) is 4.01. The van der Waals surface area contributed by atoms with Crippen LogP contribution in [0.2, 0.25) is 0 Å². The summed E-state index contributed by atoms with van der Waals surface area (Å²) < 4.78 is 2.11. The number of thioether (sulfide) groups is 1. The maximum absolute atomic E-state index is 11.7. The lowest BCUT2D eigenvalue weighted by Gasteiger charge is -2.16. The van der Waals surface area contributed by atoms with Gasteiger partial charge in [-0.25, -0.2) is 0 Å². The number of fused-ring (bicyclic) bond motifs is 3. The van der Waals surface area contributed by atoms with Gasteiger partial charge >= 0.3 is 0 Å². The number of nitrogens with zero attached hydrogens (tertiary/aromatic N) is 1. The van der Waals surface area contributed by atoms with Crippen LogP contribution in [-0.4, -0.2) is 23.3 Å². The molecule has 82 valence electrons. The second-order valence-corrected chi connectivity index (χ2v) is 4.74. The van der Waals surface area contributed by atoms with E-state index in [0.29, 0.717) is 0 Å². The molecule has 0 atom stereocenters. The summed E-state index contributed by atoms with van der Waals surface area (Å²) in [6.07, 6.45) is 2.06. The van der Waals surface area contributed by atoms with Crippen LogP contribution in [0.1, 0.15) is 10.5 Å². The van der Waals surface area contributed by atoms with Crippen LogP contribution in [0.3, 0.4) is 0 Å². The van der Waals surface area contributed by atoms with Crippen molar-refractivity contribution < 1.29 is 4.79 Å². The van der Waals surface area contributed by atoms with E-state index in [1.807, 2.05) is 6.07 Å². The lowest BCUT2D eigenvalue weighted by molar-refractivity contribution is 0.0929. The third kappa shape index (κ3) is 1.33. The molecule has 1 aliphatic heterocycles. The lowest BCUT2D eigenvalue weighted by Crippen LogP contribution is -2.34. The SMILES string of the molecule is CSc1ccc2cc3n(c2c1)CCNC3=O. The van der Waals surface area contributed by atoms with Crippen LogP contribution < -0.4 is 5.32 Å². The van der Waals surface area contributed by atoms with Gasteiger partial charge in [-0.05, 0) is 24.5 Å². The van der Waals surface area contributed by atoms with Crippen molar-refractivity contribution in [2.45, 2.75) is 11.4 Å². The molecule has 1 amide bonds. The van der Waals surface area contributed by atoms with E-state index in [-0.39, 0.29) is 5.91 Å². The largest absolute Gasteiger partial charge is 0.349 e. The van der Waals surface area contributed by atoms with E-state index in [9.17, 15) is 4.79 Å². The first-order chi connectivity index (χ1) is 7.79. The molecular weight excluding hydrogens is 220 g/mol. The van der Waals surface area contributed by atoms with Gasteiger partial charge in [-0.15, -0.1) is 11.8 Å². The van der Waals surface area contributed by atoms with Gasteiger partial charge in [0, 0.05) is 28.9 Å². The Morgan fingerprint density at radius 1 is 1.38 bits per heavy atom. The average Bonchev–Trinajstić information content (AvgIpc) is 2.68. The van der Waals surface area contributed by atoms with Crippen LogP contribution in [0.4, 0.5) is 0 Å². The van der Waals surface area contributed by atoms with Gasteiger partial charge in [-0.2, -0.15) is 0 Å². The van der Waals surface area contributed by atoms with Crippen molar-refractivity contribution >= 4 is 28.6 Å². The summed E-state index contributed by atoms with van der Waals surface area (Å²) in [5.41, 5.74) is 1.94. The number of nitrogens with one attached hydrogen (secondary N) is 1. The van der Waals surface area contributed by atoms with E-state index in [2.05, 4.69) is 34.3 Å². The fraction of sp³-hybridized carbons (Fsp3) is 0.250. The number of carbonyl (C=O) groups excluding carboxylic acids is 1. The van der Waals surface area contributed by atoms with Crippen LogP contribution in [0, 0.1) is 0 Å². The standard InChI is InChI=1S/C12H12N2OS/c1-16-9-3-2-8-6-11-12(15)13-4-5-14(11)10(8)7-9/h2-3,6-7H,4-5H2,1H3,(H,13,15). The minimum atomic E-state index is 0.0353. The third-order valence-electron chi connectivity index (χ3n) is 2.97. The molecule has 0 unspecified atom stereocenters. The molecule has 0 saturated heterocycles. The molecule has 0 spiro atoms. The van der Waals surface area contributed by atoms with E-state index in [1.54, 1.807) is 11.8 Å². The number of aromatic nitrogens is 1. The smallest absolute Gasteiger partial charge is 0.268 e. The molecule has 1 aromatic heterocycles. The van der Waals surface area contributed by atoms with Crippen LogP contribution >= 0.6 is 11.8 Å². The van der Waals surface area contributed by atoms with E-state index in [0.717, 1.165) is 29.7 Å². The van der Waals surface area contributed by atoms with Crippen molar-refractivity contribution in [3.05, 3.63) is 30.0 Å². The number of hydrogen-bond donors (Lipinski definition) is 1. The van der Waals surface area contributed by atoms with Crippen molar-refractivity contribution in [2.24, 2.45) is 0 Å². The molecule has 16 heavy (non-hydrogen) atoms. The Morgan fingerprint density at radius 3 is 3.06 bits per heavy atom. The van der Waals surface area contributed by atoms with Gasteiger partial charge in [0.15, 0.2) is 0 Å². The molecule has 1 aromatic carbocycles. The van der Waals surface area contributed by atoms with Crippen molar-refractivity contribution in [1.82, 2.24) is 9.88 Å². The zero-order valence-electron chi connectivity index (χ0n) is 8.99. The van der Waals surface area contributed by atoms with Crippen molar-refractivity contribution in [1.29, 1.82) is 0 Å². The Kier molecular flexibility index (Phi) is 2.17. The van der Waals surface area contributed by atoms with Gasteiger partial charge in [0.25, 0.3) is 5.91 Å². The second kappa shape index (κ2) is 3.56. The number of benzene rings is 1. The van der Waals surface area contributed by atoms with Crippen LogP contribution in [0.5, 0.6) is 0 Å². The number of rotatable bonds is 1. The predicted octanol–water partition coefficient (Wildman–Crippen LogP) is 2.11. The van der Waals surface area contributed by atoms with Crippen molar-refractivity contribution in [2.75, 3.05) is 12.8 Å². The van der Waals surface area contributed by atoms with E-state index < -0.39 is 0 Å². The minimum Gasteiger partial charge on any atom is -0.349 e. The maximum Gasteiger partial charge on any atom is 0.268 e. The lowest BCUT2D eigenvalue weighted by atomic mass is 10.2. The molecule has 4 heteroatoms. The van der Waals surface area contributed by atoms with Crippen LogP contribution in [0.25, 0.3) is 10.9 Å². The highest BCUT2D eigenvalue weighted by Gasteiger charge is 2.19. The summed E-state index contributed by atoms with van der Waals surface area (Å²) in [5.74, 6) is 0.0353. The molecule has 2 heterocycles. The Hall–Kier alpha value is -1.42. The summed E-state index contributed by atoms with van der Waals surface area (Å²) in [6, 6.07) is 8.30. The third-order valence-corrected chi connectivity index (χ3v) is 3.69. The predicted molar refractivity (Wildman–Crippen MR) is 66.1 cm³/mol. The van der Waals surface area contributed by atoms with E-state index >= 15 is 0 Å². The van der Waals surface area contributed by atoms with Gasteiger partial charge in [-0.3, -0.25) is 4.79 Å². The molecule has 2 aromatic rings. The minimum absolute atomic E-state index is 0.0353. The zero-order valence-corrected chi connectivity index (χ0v) is 9.80. The van der Waals surface area contributed by atoms with Gasteiger partial charge in [-0.1, -0.05) is 6.07 Å². The number of hydrogen-bond acceptors (Lipinski definition) is 2. The molecule has 1 aliphatic rings. The second-order valence-electron chi connectivity index (χ2n) is 3.86. The topological polar surface area (TPSA) is 34.0 Å². The maximum atomic E-state index is 11.7. The molecule has 0 aliphatic carbocycles. The fourth-order valence-corrected chi connectivity index (χ4v) is 2.60. The van der Waals surface area contributed by atoms with Gasteiger partial charge in [0.1, 0.15) is 5.69 Å². The molecular formula is C12H12N2OS. The van der Waals surface area contributed by atoms with Gasteiger partial charge < -0.3 is 9.88 Å². The first-order valence-corrected chi connectivity index (χ1v) is 6.47. The van der Waals surface area contributed by atoms with Crippen molar-refractivity contribution in [3.8, 4) is 0 Å². The Morgan fingerprint density at radius 2 is 2.25 bits per heavy atom. The fourth-order valence-electron chi connectivity index (χ4n) is 2.16. The van der Waals surface area contributed by atoms with E-state index in [1.165, 1.54) is 4.90 Å². The molecule has 0 bridgehead atoms. The van der Waals surface area contributed by atoms with E-state index in [4.69, 9.17) is 0 Å². The average molecular weight is 232 g/mol. The summed E-state index contributed by atoms with van der Waals surface area (Å²) in [6.45, 7) is 1.58. The molecule has 1 N–H and O–H groups in total. The first-order valence-electron chi connectivity index (χ1n) is 5.25. The monoisotopic (exact) mass is 232 g/mol. The van der Waals surface area contributed by atoms with Gasteiger partial charge in [0.2, 0.25) is 0 Å². The number of carbonyl (C=O) groups is 1. The molecule has 0 fully saturated rings. The highest BCUT2D eigenvalue weighted by molar-refractivity contribution is 7.98. The summed E-state index contributed by atoms with van der Waals surface area (Å²) in [7, 11) is 0. The van der Waals surface area contributed by atoms with Crippen LogP contribution in [0.15, 0.2) is 29.2 Å². The molecule has 0 saturated carbocycles. The summed E-state index contributed by atoms with van der Waals surface area (Å²) in [4.78, 5) is 12.9. The normalized spacial score (nSPS) is 14.9. The Labute approximate surface area is 97.8 Å². The van der Waals surface area contributed by atoms with Crippen molar-refractivity contribution in [3.63, 3.8) is 0 Å². The Balaban J connectivity index is 2.29. The number of amides is 1. The van der Waals surface area contributed by atoms with Crippen LogP contribution in [-0.2, 0) is 6.54 Å². The Bertz CT molecular complexity index is 574. The highest BCUT2D eigenvalue weighted by atomic mass is 32.2. The summed E-state index contributed by atoms with van der Waals surface area (Å²) >= 11 is 1.72.